The van der Waals surface area contributed by atoms with Gasteiger partial charge in [0.1, 0.15) is 0 Å². The Bertz CT molecular complexity index is 410. The van der Waals surface area contributed by atoms with Crippen molar-refractivity contribution in [1.29, 1.82) is 0 Å². The molecule has 1 nitrogen and oxygen atoms in total. The Hall–Kier alpha value is -1.08. The molecule has 0 spiro atoms. The van der Waals surface area contributed by atoms with Crippen LogP contribution in [0.2, 0.25) is 0 Å². The molecular weight excluding hydrogens is 278 g/mol. The molecule has 1 rings (SSSR count). The van der Waals surface area contributed by atoms with Crippen LogP contribution in [0.15, 0.2) is 30.8 Å². The molecule has 0 atom stereocenters. The maximum absolute atomic E-state index is 3.84. The Balaban J connectivity index is 1.99. The fraction of sp³-hybridized carbons (Fsp3) is 0.636. The van der Waals surface area contributed by atoms with Gasteiger partial charge in [0.15, 0.2) is 0 Å². The predicted octanol–water partition coefficient (Wildman–Crippen LogP) is 6.68. The summed E-state index contributed by atoms with van der Waals surface area (Å²) < 4.78 is 0. The van der Waals surface area contributed by atoms with Crippen molar-refractivity contribution in [1.82, 2.24) is 4.90 Å². The van der Waals surface area contributed by atoms with Gasteiger partial charge in [0.2, 0.25) is 0 Å². The molecule has 0 fully saturated rings. The largest absolute Gasteiger partial charge is 0.302 e. The van der Waals surface area contributed by atoms with Gasteiger partial charge in [-0.2, -0.15) is 0 Å². The maximum Gasteiger partial charge on any atom is 0.0230 e. The van der Waals surface area contributed by atoms with Crippen LogP contribution in [0, 0.1) is 0 Å². The number of rotatable bonds is 14. The zero-order valence-corrected chi connectivity index (χ0v) is 15.5. The van der Waals surface area contributed by atoms with Gasteiger partial charge in [0.25, 0.3) is 0 Å². The van der Waals surface area contributed by atoms with Crippen molar-refractivity contribution < 1.29 is 0 Å². The Morgan fingerprint density at radius 3 is 2.13 bits per heavy atom. The van der Waals surface area contributed by atoms with Gasteiger partial charge < -0.3 is 4.90 Å². The summed E-state index contributed by atoms with van der Waals surface area (Å²) in [6.07, 6.45) is 16.0. The van der Waals surface area contributed by atoms with Crippen molar-refractivity contribution in [2.24, 2.45) is 0 Å². The molecule has 0 N–H and O–H groups in total. The molecule has 0 aliphatic rings. The predicted molar refractivity (Wildman–Crippen MR) is 105 cm³/mol. The highest BCUT2D eigenvalue weighted by molar-refractivity contribution is 5.47. The van der Waals surface area contributed by atoms with E-state index in [0.29, 0.717) is 0 Å². The van der Waals surface area contributed by atoms with Gasteiger partial charge in [0, 0.05) is 6.54 Å². The summed E-state index contributed by atoms with van der Waals surface area (Å²) in [5.74, 6) is 0. The lowest BCUT2D eigenvalue weighted by Crippen LogP contribution is -2.19. The second kappa shape index (κ2) is 13.4. The van der Waals surface area contributed by atoms with E-state index in [0.717, 1.165) is 6.54 Å². The van der Waals surface area contributed by atoms with Crippen LogP contribution in [-0.2, 0) is 6.54 Å². The monoisotopic (exact) mass is 315 g/mol. The smallest absolute Gasteiger partial charge is 0.0230 e. The van der Waals surface area contributed by atoms with Crippen LogP contribution in [0.5, 0.6) is 0 Å². The van der Waals surface area contributed by atoms with Crippen molar-refractivity contribution in [3.63, 3.8) is 0 Å². The highest BCUT2D eigenvalue weighted by atomic mass is 15.1. The van der Waals surface area contributed by atoms with Crippen molar-refractivity contribution in [3.05, 3.63) is 42.0 Å². The average molecular weight is 316 g/mol. The van der Waals surface area contributed by atoms with Crippen LogP contribution in [0.4, 0.5) is 0 Å². The first-order valence-corrected chi connectivity index (χ1v) is 9.66. The van der Waals surface area contributed by atoms with Crippen LogP contribution in [0.3, 0.4) is 0 Å². The van der Waals surface area contributed by atoms with E-state index in [1.165, 1.54) is 81.9 Å². The minimum atomic E-state index is 1.04. The van der Waals surface area contributed by atoms with Crippen molar-refractivity contribution in [3.8, 4) is 0 Å². The molecule has 130 valence electrons. The summed E-state index contributed by atoms with van der Waals surface area (Å²) in [4.78, 5) is 2.44. The fourth-order valence-corrected chi connectivity index (χ4v) is 3.08. The first-order valence-electron chi connectivity index (χ1n) is 9.66. The summed E-state index contributed by atoms with van der Waals surface area (Å²) in [5, 5.41) is 0. The highest BCUT2D eigenvalue weighted by Crippen LogP contribution is 2.12. The van der Waals surface area contributed by atoms with E-state index >= 15 is 0 Å². The maximum atomic E-state index is 3.84. The van der Waals surface area contributed by atoms with Gasteiger partial charge in [-0.1, -0.05) is 102 Å². The lowest BCUT2D eigenvalue weighted by Gasteiger charge is -2.17. The molecule has 0 saturated carbocycles. The quantitative estimate of drug-likeness (QED) is 0.346. The third-order valence-electron chi connectivity index (χ3n) is 4.53. The molecule has 0 radical (unpaired) electrons. The van der Waals surface area contributed by atoms with Gasteiger partial charge in [0.05, 0.1) is 0 Å². The number of hydrogen-bond donors (Lipinski definition) is 0. The normalized spacial score (nSPS) is 11.1. The van der Waals surface area contributed by atoms with Crippen LogP contribution >= 0.6 is 0 Å². The first kappa shape index (κ1) is 20.0. The summed E-state index contributed by atoms with van der Waals surface area (Å²) >= 11 is 0. The molecule has 0 heterocycles. The van der Waals surface area contributed by atoms with Crippen molar-refractivity contribution >= 4 is 6.08 Å². The van der Waals surface area contributed by atoms with E-state index in [-0.39, 0.29) is 0 Å². The zero-order valence-electron chi connectivity index (χ0n) is 15.5. The van der Waals surface area contributed by atoms with Crippen LogP contribution in [-0.4, -0.2) is 18.5 Å². The lowest BCUT2D eigenvalue weighted by molar-refractivity contribution is 0.316. The molecule has 0 aliphatic heterocycles. The Morgan fingerprint density at radius 1 is 0.913 bits per heavy atom. The second-order valence-electron chi connectivity index (χ2n) is 6.87. The zero-order chi connectivity index (χ0) is 16.8. The van der Waals surface area contributed by atoms with Crippen molar-refractivity contribution in [2.45, 2.75) is 77.7 Å². The van der Waals surface area contributed by atoms with Crippen molar-refractivity contribution in [2.75, 3.05) is 13.6 Å². The number of unbranched alkanes of at least 4 members (excludes halogenated alkanes) is 9. The molecule has 0 aromatic heterocycles. The third kappa shape index (κ3) is 10.3. The molecule has 1 aromatic carbocycles. The average Bonchev–Trinajstić information content (AvgIpc) is 2.56. The Labute approximate surface area is 144 Å². The molecule has 1 heteroatoms. The van der Waals surface area contributed by atoms with E-state index in [9.17, 15) is 0 Å². The number of nitrogens with zero attached hydrogens (tertiary/aromatic N) is 1. The van der Waals surface area contributed by atoms with Gasteiger partial charge in [-0.15, -0.1) is 0 Å². The third-order valence-corrected chi connectivity index (χ3v) is 4.53. The van der Waals surface area contributed by atoms with E-state index in [1.807, 2.05) is 6.08 Å². The van der Waals surface area contributed by atoms with Gasteiger partial charge in [-0.05, 0) is 31.1 Å². The molecule has 1 aromatic rings. The standard InChI is InChI=1S/C22H37N/c1-4-6-7-8-9-10-11-12-13-14-18-23(3)20-22-17-15-16-21(5-2)19-22/h5,15-17,19H,2,4,6-14,18,20H2,1,3H3. The van der Waals surface area contributed by atoms with Crippen LogP contribution in [0.1, 0.15) is 82.3 Å². The molecule has 23 heavy (non-hydrogen) atoms. The van der Waals surface area contributed by atoms with Gasteiger partial charge >= 0.3 is 0 Å². The summed E-state index contributed by atoms with van der Waals surface area (Å²) in [6.45, 7) is 8.37. The van der Waals surface area contributed by atoms with E-state index in [1.54, 1.807) is 0 Å². The van der Waals surface area contributed by atoms with Gasteiger partial charge in [-0.25, -0.2) is 0 Å². The summed E-state index contributed by atoms with van der Waals surface area (Å²) in [5.41, 5.74) is 2.60. The second-order valence-corrected chi connectivity index (χ2v) is 6.87. The first-order chi connectivity index (χ1) is 11.3. The van der Waals surface area contributed by atoms with E-state index in [2.05, 4.69) is 49.7 Å². The number of hydrogen-bond acceptors (Lipinski definition) is 1. The fourth-order valence-electron chi connectivity index (χ4n) is 3.08. The van der Waals surface area contributed by atoms with Crippen LogP contribution < -0.4 is 0 Å². The van der Waals surface area contributed by atoms with E-state index in [4.69, 9.17) is 0 Å². The molecule has 0 unspecified atom stereocenters. The summed E-state index contributed by atoms with van der Waals surface area (Å²) in [6, 6.07) is 8.68. The topological polar surface area (TPSA) is 3.24 Å². The molecule has 0 aliphatic carbocycles. The Morgan fingerprint density at radius 2 is 1.52 bits per heavy atom. The van der Waals surface area contributed by atoms with E-state index < -0.39 is 0 Å². The van der Waals surface area contributed by atoms with Crippen LogP contribution in [0.25, 0.3) is 6.08 Å². The van der Waals surface area contributed by atoms with Gasteiger partial charge in [-0.3, -0.25) is 0 Å². The molecular formula is C22H37N. The number of benzene rings is 1. The molecule has 0 bridgehead atoms. The summed E-state index contributed by atoms with van der Waals surface area (Å²) in [7, 11) is 2.23. The Kier molecular flexibility index (Phi) is 11.6. The highest BCUT2D eigenvalue weighted by Gasteiger charge is 2.01. The molecule has 0 saturated heterocycles. The molecule has 0 amide bonds. The minimum Gasteiger partial charge on any atom is -0.302 e. The SMILES string of the molecule is C=Cc1cccc(CN(C)CCCCCCCCCCCC)c1. The lowest BCUT2D eigenvalue weighted by atomic mass is 10.1. The minimum absolute atomic E-state index is 1.04.